The molecule has 0 unspecified atom stereocenters. The Morgan fingerprint density at radius 1 is 1.22 bits per heavy atom. The normalized spacial score (nSPS) is 30.0. The van der Waals surface area contributed by atoms with E-state index in [0.29, 0.717) is 17.0 Å². The number of hydrogen-bond donors (Lipinski definition) is 2. The fourth-order valence-corrected chi connectivity index (χ4v) is 7.91. The van der Waals surface area contributed by atoms with Gasteiger partial charge in [-0.15, -0.1) is 0 Å². The molecule has 194 valence electrons. The number of anilines is 2. The lowest BCUT2D eigenvalue weighted by atomic mass is 9.83. The average Bonchev–Trinajstić information content (AvgIpc) is 3.54. The quantitative estimate of drug-likeness (QED) is 0.596. The number of aryl methyl sites for hydroxylation is 2. The molecule has 0 amide bonds. The van der Waals surface area contributed by atoms with Crippen LogP contribution in [-0.4, -0.2) is 70.8 Å². The van der Waals surface area contributed by atoms with Crippen molar-refractivity contribution < 1.29 is 4.74 Å². The highest BCUT2D eigenvalue weighted by atomic mass is 16.5. The minimum Gasteiger partial charge on any atom is -0.379 e. The molecule has 0 spiro atoms. The Bertz CT molecular complexity index is 1160. The summed E-state index contributed by atoms with van der Waals surface area (Å²) in [5.41, 5.74) is 7.66. The van der Waals surface area contributed by atoms with Crippen LogP contribution in [0.15, 0.2) is 6.07 Å². The Morgan fingerprint density at radius 3 is 2.75 bits per heavy atom. The number of nitrogens with one attached hydrogen (secondary N) is 2. The van der Waals surface area contributed by atoms with E-state index in [-0.39, 0.29) is 0 Å². The van der Waals surface area contributed by atoms with Gasteiger partial charge in [0, 0.05) is 74.4 Å². The topological polar surface area (TPSA) is 82.3 Å². The molecule has 8 nitrogen and oxygen atoms in total. The van der Waals surface area contributed by atoms with Crippen LogP contribution in [0.3, 0.4) is 0 Å². The average molecular weight is 492 g/mol. The van der Waals surface area contributed by atoms with Gasteiger partial charge in [-0.25, -0.2) is 4.98 Å². The van der Waals surface area contributed by atoms with E-state index in [1.54, 1.807) is 0 Å². The predicted octanol–water partition coefficient (Wildman–Crippen LogP) is 3.92. The summed E-state index contributed by atoms with van der Waals surface area (Å²) in [5.74, 6) is 0.776. The number of ether oxygens (including phenoxy) is 1. The second-order valence-electron chi connectivity index (χ2n) is 11.8. The second-order valence-corrected chi connectivity index (χ2v) is 11.8. The smallest absolute Gasteiger partial charge is 0.136 e. The molecule has 0 radical (unpaired) electrons. The summed E-state index contributed by atoms with van der Waals surface area (Å²) in [6.45, 7) is 12.2. The number of fused-ring (bicyclic) bond motifs is 3. The lowest BCUT2D eigenvalue weighted by molar-refractivity contribution is -0.0562. The van der Waals surface area contributed by atoms with Crippen LogP contribution in [0.2, 0.25) is 0 Å². The summed E-state index contributed by atoms with van der Waals surface area (Å²) in [6, 6.07) is 2.65. The molecule has 2 bridgehead atoms. The van der Waals surface area contributed by atoms with Crippen molar-refractivity contribution in [2.75, 3.05) is 43.6 Å². The second kappa shape index (κ2) is 8.84. The van der Waals surface area contributed by atoms with Gasteiger partial charge < -0.3 is 20.4 Å². The predicted molar refractivity (Wildman–Crippen MR) is 143 cm³/mol. The molecule has 4 aliphatic rings. The fourth-order valence-electron chi connectivity index (χ4n) is 7.91. The van der Waals surface area contributed by atoms with Crippen molar-refractivity contribution in [3.05, 3.63) is 34.3 Å². The maximum absolute atomic E-state index is 8.02. The number of hydrogen-bond acceptors (Lipinski definition) is 7. The molecule has 3 fully saturated rings. The molecule has 1 saturated heterocycles. The van der Waals surface area contributed by atoms with E-state index in [2.05, 4.69) is 44.7 Å². The monoisotopic (exact) mass is 491 g/mol. The Balaban J connectivity index is 1.23. The molecule has 2 aliphatic carbocycles. The number of aromatic nitrogens is 3. The van der Waals surface area contributed by atoms with Crippen LogP contribution in [0.4, 0.5) is 11.5 Å². The van der Waals surface area contributed by atoms with Crippen molar-refractivity contribution in [3.63, 3.8) is 0 Å². The van der Waals surface area contributed by atoms with Crippen molar-refractivity contribution >= 4 is 17.7 Å². The molecule has 2 saturated carbocycles. The number of nitrogens with zero attached hydrogens (tertiary/aromatic N) is 5. The molecule has 2 aromatic rings. The fraction of sp³-hybridized carbons (Fsp3) is 0.679. The first-order valence-corrected chi connectivity index (χ1v) is 13.7. The standard InChI is InChI=1S/C28H41N7O/c1-19-13-25(22(14-29)26(30-4)31-19)33-10-5-24-23(15-33)21(3)32-35(24)18-27-6-8-28(17-27,9-7-27)34-11-12-36-16-20(34)2/h13-14,20,29H,5-12,15-18H2,1-4H3,(H,30,31)/t20-,27?,28?/m1/s1. The molecule has 0 aromatic carbocycles. The summed E-state index contributed by atoms with van der Waals surface area (Å²) >= 11 is 0. The minimum atomic E-state index is 0.385. The molecule has 8 heteroatoms. The van der Waals surface area contributed by atoms with E-state index < -0.39 is 0 Å². The maximum atomic E-state index is 8.02. The lowest BCUT2D eigenvalue weighted by Crippen LogP contribution is -2.55. The Hall–Kier alpha value is -2.45. The van der Waals surface area contributed by atoms with Crippen molar-refractivity contribution in [3.8, 4) is 0 Å². The number of pyridine rings is 1. The van der Waals surface area contributed by atoms with Crippen molar-refractivity contribution in [1.82, 2.24) is 19.7 Å². The summed E-state index contributed by atoms with van der Waals surface area (Å²) in [4.78, 5) is 9.79. The summed E-state index contributed by atoms with van der Waals surface area (Å²) < 4.78 is 8.15. The number of morpholine rings is 1. The van der Waals surface area contributed by atoms with Gasteiger partial charge in [0.05, 0.1) is 30.2 Å². The van der Waals surface area contributed by atoms with E-state index in [0.717, 1.165) is 74.3 Å². The van der Waals surface area contributed by atoms with Gasteiger partial charge in [-0.05, 0) is 64.4 Å². The van der Waals surface area contributed by atoms with Gasteiger partial charge in [0.25, 0.3) is 0 Å². The van der Waals surface area contributed by atoms with Crippen LogP contribution < -0.4 is 10.2 Å². The largest absolute Gasteiger partial charge is 0.379 e. The molecule has 1 atom stereocenters. The third kappa shape index (κ3) is 3.76. The zero-order valence-electron chi connectivity index (χ0n) is 22.4. The highest BCUT2D eigenvalue weighted by Crippen LogP contribution is 2.60. The van der Waals surface area contributed by atoms with E-state index in [1.165, 1.54) is 49.6 Å². The molecular weight excluding hydrogens is 450 g/mol. The van der Waals surface area contributed by atoms with Gasteiger partial charge in [0.1, 0.15) is 5.82 Å². The van der Waals surface area contributed by atoms with Crippen LogP contribution in [0, 0.1) is 24.7 Å². The summed E-state index contributed by atoms with van der Waals surface area (Å²) in [5, 5.41) is 16.3. The molecule has 4 heterocycles. The van der Waals surface area contributed by atoms with Gasteiger partial charge in [0.2, 0.25) is 0 Å². The van der Waals surface area contributed by atoms with E-state index in [9.17, 15) is 0 Å². The van der Waals surface area contributed by atoms with Gasteiger partial charge >= 0.3 is 0 Å². The minimum absolute atomic E-state index is 0.385. The van der Waals surface area contributed by atoms with Gasteiger partial charge in [-0.1, -0.05) is 0 Å². The van der Waals surface area contributed by atoms with Gasteiger partial charge in [0.15, 0.2) is 0 Å². The Kier molecular flexibility index (Phi) is 5.87. The SMILES string of the molecule is CNc1nc(C)cc(N2CCc3c(c(C)nn3CC34CCC(N5CCOC[C@H]5C)(CC3)C4)C2)c1C=N. The Morgan fingerprint density at radius 2 is 2.03 bits per heavy atom. The summed E-state index contributed by atoms with van der Waals surface area (Å²) in [6.07, 6.45) is 9.04. The molecule has 2 aromatic heterocycles. The van der Waals surface area contributed by atoms with Crippen LogP contribution in [-0.2, 0) is 24.2 Å². The van der Waals surface area contributed by atoms with Crippen molar-refractivity contribution in [2.45, 2.75) is 84.0 Å². The third-order valence-electron chi connectivity index (χ3n) is 9.63. The van der Waals surface area contributed by atoms with Crippen molar-refractivity contribution in [1.29, 1.82) is 5.41 Å². The molecular formula is C28H41N7O. The number of rotatable bonds is 6. The first-order chi connectivity index (χ1) is 17.4. The van der Waals surface area contributed by atoms with Gasteiger partial charge in [-0.3, -0.25) is 9.58 Å². The first-order valence-electron chi connectivity index (χ1n) is 13.7. The van der Waals surface area contributed by atoms with E-state index >= 15 is 0 Å². The molecule has 2 N–H and O–H groups in total. The maximum Gasteiger partial charge on any atom is 0.136 e. The van der Waals surface area contributed by atoms with Crippen LogP contribution in [0.1, 0.15) is 67.2 Å². The molecule has 36 heavy (non-hydrogen) atoms. The zero-order chi connectivity index (χ0) is 25.1. The van der Waals surface area contributed by atoms with Crippen LogP contribution >= 0.6 is 0 Å². The van der Waals surface area contributed by atoms with Crippen LogP contribution in [0.5, 0.6) is 0 Å². The molecule has 6 rings (SSSR count). The highest BCUT2D eigenvalue weighted by Gasteiger charge is 2.57. The van der Waals surface area contributed by atoms with E-state index in [1.807, 2.05) is 14.0 Å². The van der Waals surface area contributed by atoms with Crippen LogP contribution in [0.25, 0.3) is 0 Å². The summed E-state index contributed by atoms with van der Waals surface area (Å²) in [7, 11) is 1.88. The third-order valence-corrected chi connectivity index (χ3v) is 9.63. The molecule has 2 aliphatic heterocycles. The Labute approximate surface area is 214 Å². The zero-order valence-corrected chi connectivity index (χ0v) is 22.4. The van der Waals surface area contributed by atoms with Gasteiger partial charge in [-0.2, -0.15) is 5.10 Å². The first kappa shape index (κ1) is 23.9. The lowest BCUT2D eigenvalue weighted by Gasteiger charge is -2.46. The highest BCUT2D eigenvalue weighted by molar-refractivity contribution is 5.92. The van der Waals surface area contributed by atoms with E-state index in [4.69, 9.17) is 15.2 Å². The van der Waals surface area contributed by atoms with Crippen molar-refractivity contribution in [2.24, 2.45) is 5.41 Å².